The highest BCUT2D eigenvalue weighted by Crippen LogP contribution is 2.26. The number of carbonyl (C=O) groups is 1. The third kappa shape index (κ3) is 5.59. The van der Waals surface area contributed by atoms with Crippen LogP contribution in [0.1, 0.15) is 31.7 Å². The monoisotopic (exact) mass is 349 g/mol. The highest BCUT2D eigenvalue weighted by molar-refractivity contribution is 8.00. The van der Waals surface area contributed by atoms with Gasteiger partial charge in [-0.2, -0.15) is 0 Å². The van der Waals surface area contributed by atoms with Gasteiger partial charge < -0.3 is 10.1 Å². The van der Waals surface area contributed by atoms with Crippen molar-refractivity contribution in [3.63, 3.8) is 0 Å². The molecule has 1 aromatic carbocycles. The van der Waals surface area contributed by atoms with Crippen molar-refractivity contribution < 1.29 is 9.53 Å². The summed E-state index contributed by atoms with van der Waals surface area (Å²) in [6.45, 7) is 6.88. The Kier molecular flexibility index (Phi) is 6.99. The molecule has 3 nitrogen and oxygen atoms in total. The van der Waals surface area contributed by atoms with Crippen LogP contribution in [0.5, 0.6) is 5.75 Å². The number of hydrogen-bond donors (Lipinski definition) is 1. The van der Waals surface area contributed by atoms with E-state index in [0.29, 0.717) is 18.3 Å². The minimum Gasteiger partial charge on any atom is -0.494 e. The molecule has 0 spiro atoms. The molecular formula is C18H23NO2S2. The van der Waals surface area contributed by atoms with Crippen molar-refractivity contribution in [1.29, 1.82) is 0 Å². The summed E-state index contributed by atoms with van der Waals surface area (Å²) in [6, 6.07) is 12.0. The van der Waals surface area contributed by atoms with Gasteiger partial charge in [-0.05, 0) is 48.6 Å². The van der Waals surface area contributed by atoms with Gasteiger partial charge in [-0.3, -0.25) is 4.79 Å². The van der Waals surface area contributed by atoms with Gasteiger partial charge in [-0.15, -0.1) is 23.1 Å². The Balaban J connectivity index is 1.86. The van der Waals surface area contributed by atoms with Gasteiger partial charge in [-0.1, -0.05) is 19.9 Å². The highest BCUT2D eigenvalue weighted by atomic mass is 32.2. The number of benzene rings is 1. The van der Waals surface area contributed by atoms with Gasteiger partial charge in [0, 0.05) is 9.77 Å². The van der Waals surface area contributed by atoms with Crippen LogP contribution in [-0.4, -0.2) is 18.3 Å². The van der Waals surface area contributed by atoms with E-state index < -0.39 is 0 Å². The quantitative estimate of drug-likeness (QED) is 0.699. The van der Waals surface area contributed by atoms with E-state index in [1.165, 1.54) is 4.88 Å². The lowest BCUT2D eigenvalue weighted by Gasteiger charge is -2.21. The molecule has 0 fully saturated rings. The Morgan fingerprint density at radius 1 is 1.26 bits per heavy atom. The Labute approximate surface area is 146 Å². The predicted octanol–water partition coefficient (Wildman–Crippen LogP) is 4.75. The average Bonchev–Trinajstić information content (AvgIpc) is 3.06. The Hall–Kier alpha value is -1.46. The summed E-state index contributed by atoms with van der Waals surface area (Å²) < 4.78 is 5.42. The fourth-order valence-corrected chi connectivity index (χ4v) is 3.86. The third-order valence-corrected chi connectivity index (χ3v) is 5.30. The zero-order valence-corrected chi connectivity index (χ0v) is 15.4. The van der Waals surface area contributed by atoms with Crippen molar-refractivity contribution in [1.82, 2.24) is 5.32 Å². The molecule has 0 saturated heterocycles. The van der Waals surface area contributed by atoms with Crippen molar-refractivity contribution in [2.45, 2.75) is 31.7 Å². The normalized spacial score (nSPS) is 12.2. The zero-order valence-electron chi connectivity index (χ0n) is 13.7. The second kappa shape index (κ2) is 8.99. The summed E-state index contributed by atoms with van der Waals surface area (Å²) in [5.74, 6) is 1.71. The minimum atomic E-state index is 0.0657. The number of nitrogens with one attached hydrogen (secondary N) is 1. The number of thioether (sulfide) groups is 1. The second-order valence-corrected chi connectivity index (χ2v) is 7.53. The standard InChI is InChI=1S/C18H23NO2S2/c1-4-21-14-7-9-15(10-8-14)23-12-17(20)19-18(13(2)3)16-6-5-11-22-16/h5-11,13,18H,4,12H2,1-3H3,(H,19,20)/t18-/m1/s1. The molecule has 5 heteroatoms. The minimum absolute atomic E-state index is 0.0657. The summed E-state index contributed by atoms with van der Waals surface area (Å²) in [4.78, 5) is 14.5. The van der Waals surface area contributed by atoms with E-state index in [0.717, 1.165) is 10.6 Å². The van der Waals surface area contributed by atoms with Crippen LogP contribution in [0, 0.1) is 5.92 Å². The van der Waals surface area contributed by atoms with Crippen molar-refractivity contribution in [3.05, 3.63) is 46.7 Å². The van der Waals surface area contributed by atoms with E-state index >= 15 is 0 Å². The van der Waals surface area contributed by atoms with Crippen LogP contribution < -0.4 is 10.1 Å². The van der Waals surface area contributed by atoms with Crippen LogP contribution in [0.2, 0.25) is 0 Å². The van der Waals surface area contributed by atoms with E-state index in [4.69, 9.17) is 4.74 Å². The van der Waals surface area contributed by atoms with Crippen LogP contribution in [0.15, 0.2) is 46.7 Å². The zero-order chi connectivity index (χ0) is 16.7. The number of amides is 1. The van der Waals surface area contributed by atoms with Gasteiger partial charge >= 0.3 is 0 Å². The van der Waals surface area contributed by atoms with E-state index in [1.54, 1.807) is 23.1 Å². The summed E-state index contributed by atoms with van der Waals surface area (Å²) in [5.41, 5.74) is 0. The molecule has 0 saturated carbocycles. The number of rotatable bonds is 8. The lowest BCUT2D eigenvalue weighted by Crippen LogP contribution is -2.32. The molecule has 124 valence electrons. The van der Waals surface area contributed by atoms with E-state index in [-0.39, 0.29) is 11.9 Å². The van der Waals surface area contributed by atoms with Gasteiger partial charge in [0.15, 0.2) is 0 Å². The molecule has 2 aromatic rings. The first kappa shape index (κ1) is 17.9. The Morgan fingerprint density at radius 3 is 2.57 bits per heavy atom. The van der Waals surface area contributed by atoms with E-state index in [2.05, 4.69) is 25.2 Å². The molecule has 0 radical (unpaired) electrons. The molecule has 1 amide bonds. The largest absolute Gasteiger partial charge is 0.494 e. The Bertz CT molecular complexity index is 594. The summed E-state index contributed by atoms with van der Waals surface area (Å²) in [5, 5.41) is 5.19. The van der Waals surface area contributed by atoms with Crippen molar-refractivity contribution in [2.75, 3.05) is 12.4 Å². The third-order valence-electron chi connectivity index (χ3n) is 3.34. The fourth-order valence-electron chi connectivity index (χ4n) is 2.20. The molecule has 0 bridgehead atoms. The van der Waals surface area contributed by atoms with Gasteiger partial charge in [0.2, 0.25) is 5.91 Å². The van der Waals surface area contributed by atoms with Crippen LogP contribution >= 0.6 is 23.1 Å². The fraction of sp³-hybridized carbons (Fsp3) is 0.389. The van der Waals surface area contributed by atoms with Crippen molar-refractivity contribution in [3.8, 4) is 5.75 Å². The first-order chi connectivity index (χ1) is 11.1. The van der Waals surface area contributed by atoms with E-state index in [9.17, 15) is 4.79 Å². The van der Waals surface area contributed by atoms with Crippen molar-refractivity contribution >= 4 is 29.0 Å². The number of hydrogen-bond acceptors (Lipinski definition) is 4. The van der Waals surface area contributed by atoms with Crippen LogP contribution in [0.25, 0.3) is 0 Å². The van der Waals surface area contributed by atoms with Gasteiger partial charge in [-0.25, -0.2) is 0 Å². The SMILES string of the molecule is CCOc1ccc(SCC(=O)N[C@@H](c2cccs2)C(C)C)cc1. The van der Waals surface area contributed by atoms with Crippen LogP contribution in [-0.2, 0) is 4.79 Å². The molecule has 0 aliphatic rings. The molecular weight excluding hydrogens is 326 g/mol. The average molecular weight is 350 g/mol. The Morgan fingerprint density at radius 2 is 2.00 bits per heavy atom. The number of thiophene rings is 1. The molecule has 1 heterocycles. The maximum atomic E-state index is 12.2. The smallest absolute Gasteiger partial charge is 0.230 e. The van der Waals surface area contributed by atoms with Gasteiger partial charge in [0.05, 0.1) is 18.4 Å². The molecule has 1 aromatic heterocycles. The second-order valence-electron chi connectivity index (χ2n) is 5.50. The van der Waals surface area contributed by atoms with Crippen molar-refractivity contribution in [2.24, 2.45) is 5.92 Å². The lowest BCUT2D eigenvalue weighted by molar-refractivity contribution is -0.119. The topological polar surface area (TPSA) is 38.3 Å². The maximum Gasteiger partial charge on any atom is 0.230 e. The number of ether oxygens (including phenoxy) is 1. The van der Waals surface area contributed by atoms with Crippen LogP contribution in [0.3, 0.4) is 0 Å². The van der Waals surface area contributed by atoms with E-state index in [1.807, 2.05) is 42.6 Å². The highest BCUT2D eigenvalue weighted by Gasteiger charge is 2.19. The maximum absolute atomic E-state index is 12.2. The summed E-state index contributed by atoms with van der Waals surface area (Å²) in [7, 11) is 0. The predicted molar refractivity (Wildman–Crippen MR) is 98.4 cm³/mol. The summed E-state index contributed by atoms with van der Waals surface area (Å²) >= 11 is 3.23. The number of carbonyl (C=O) groups excluding carboxylic acids is 1. The first-order valence-electron chi connectivity index (χ1n) is 7.78. The molecule has 0 unspecified atom stereocenters. The molecule has 1 N–H and O–H groups in total. The summed E-state index contributed by atoms with van der Waals surface area (Å²) in [6.07, 6.45) is 0. The van der Waals surface area contributed by atoms with Crippen LogP contribution in [0.4, 0.5) is 0 Å². The molecule has 23 heavy (non-hydrogen) atoms. The lowest BCUT2D eigenvalue weighted by atomic mass is 10.0. The molecule has 2 rings (SSSR count). The first-order valence-corrected chi connectivity index (χ1v) is 9.65. The molecule has 0 aliphatic carbocycles. The van der Waals surface area contributed by atoms with Gasteiger partial charge in [0.1, 0.15) is 5.75 Å². The van der Waals surface area contributed by atoms with Gasteiger partial charge in [0.25, 0.3) is 0 Å². The molecule has 1 atom stereocenters. The molecule has 0 aliphatic heterocycles.